The Bertz CT molecular complexity index is 221. The van der Waals surface area contributed by atoms with Crippen LogP contribution in [0.2, 0.25) is 0 Å². The highest BCUT2D eigenvalue weighted by Gasteiger charge is 2.43. The lowest BCUT2D eigenvalue weighted by Crippen LogP contribution is -2.42. The Morgan fingerprint density at radius 1 is 1.62 bits per heavy atom. The predicted octanol–water partition coefficient (Wildman–Crippen LogP) is 0.291. The molecule has 0 aromatic rings. The minimum absolute atomic E-state index is 0.000561. The summed E-state index contributed by atoms with van der Waals surface area (Å²) in [5.74, 6) is 0. The third-order valence-corrected chi connectivity index (χ3v) is 2.83. The van der Waals surface area contributed by atoms with E-state index in [4.69, 9.17) is 4.74 Å². The zero-order valence-electron chi connectivity index (χ0n) is 7.64. The monoisotopic (exact) mass is 186 g/mol. The van der Waals surface area contributed by atoms with E-state index in [2.05, 4.69) is 0 Å². The number of ether oxygens (including phenoxy) is 1. The van der Waals surface area contributed by atoms with Crippen molar-refractivity contribution in [2.24, 2.45) is 0 Å². The topological polar surface area (TPSA) is 53.0 Å². The maximum atomic E-state index is 11.4. The summed E-state index contributed by atoms with van der Waals surface area (Å²) >= 11 is 0. The Labute approximate surface area is 76.8 Å². The molecule has 2 atom stereocenters. The van der Waals surface area contributed by atoms with E-state index in [1.165, 1.54) is 0 Å². The minimum Gasteiger partial charge on any atom is -0.383 e. The van der Waals surface area contributed by atoms with Crippen molar-refractivity contribution in [2.75, 3.05) is 20.3 Å². The molecule has 2 unspecified atom stereocenters. The molecule has 2 fully saturated rings. The number of piperidine rings is 1. The van der Waals surface area contributed by atoms with Gasteiger partial charge in [-0.15, -0.1) is 0 Å². The second-order valence-corrected chi connectivity index (χ2v) is 3.62. The van der Waals surface area contributed by atoms with Gasteiger partial charge in [-0.1, -0.05) is 0 Å². The van der Waals surface area contributed by atoms with Crippen LogP contribution in [0.1, 0.15) is 12.8 Å². The van der Waals surface area contributed by atoms with Gasteiger partial charge in [0.1, 0.15) is 0 Å². The largest absolute Gasteiger partial charge is 0.383 e. The number of amides is 2. The summed E-state index contributed by atoms with van der Waals surface area (Å²) in [5.41, 5.74) is 0. The van der Waals surface area contributed by atoms with Gasteiger partial charge in [0.2, 0.25) is 0 Å². The summed E-state index contributed by atoms with van der Waals surface area (Å²) in [5, 5.41) is 10.2. The maximum Gasteiger partial charge on any atom is 0.344 e. The van der Waals surface area contributed by atoms with Gasteiger partial charge in [0.25, 0.3) is 0 Å². The molecule has 2 aliphatic rings. The Hall–Kier alpha value is -0.810. The molecule has 2 bridgehead atoms. The highest BCUT2D eigenvalue weighted by molar-refractivity contribution is 5.76. The Morgan fingerprint density at radius 3 is 3.08 bits per heavy atom. The van der Waals surface area contributed by atoms with Gasteiger partial charge < -0.3 is 9.64 Å². The van der Waals surface area contributed by atoms with Crippen LogP contribution in [0, 0.1) is 0 Å². The van der Waals surface area contributed by atoms with E-state index in [9.17, 15) is 10.0 Å². The van der Waals surface area contributed by atoms with Crippen LogP contribution in [0.25, 0.3) is 0 Å². The first kappa shape index (κ1) is 8.77. The fourth-order valence-electron chi connectivity index (χ4n) is 2.10. The zero-order chi connectivity index (χ0) is 9.42. The number of hydroxylamine groups is 2. The van der Waals surface area contributed by atoms with Crippen LogP contribution >= 0.6 is 0 Å². The lowest BCUT2D eigenvalue weighted by atomic mass is 10.0. The van der Waals surface area contributed by atoms with Crippen LogP contribution < -0.4 is 0 Å². The smallest absolute Gasteiger partial charge is 0.344 e. The Balaban J connectivity index is 2.08. The van der Waals surface area contributed by atoms with E-state index >= 15 is 0 Å². The van der Waals surface area contributed by atoms with Crippen LogP contribution in [0.5, 0.6) is 0 Å². The fraction of sp³-hybridized carbons (Fsp3) is 0.875. The molecule has 1 N–H and O–H groups in total. The Kier molecular flexibility index (Phi) is 2.13. The van der Waals surface area contributed by atoms with Gasteiger partial charge >= 0.3 is 6.03 Å². The van der Waals surface area contributed by atoms with E-state index < -0.39 is 0 Å². The SMILES string of the molecule is COCC1CCC2CN1C(=O)N2O. The predicted molar refractivity (Wildman–Crippen MR) is 44.4 cm³/mol. The average molecular weight is 186 g/mol. The molecular formula is C8H14N2O3. The molecule has 5 heteroatoms. The molecule has 5 nitrogen and oxygen atoms in total. The molecule has 2 heterocycles. The molecule has 0 saturated carbocycles. The first-order valence-corrected chi connectivity index (χ1v) is 4.51. The minimum atomic E-state index is -0.274. The van der Waals surface area contributed by atoms with Crippen molar-refractivity contribution < 1.29 is 14.7 Å². The average Bonchev–Trinajstić information content (AvgIpc) is 2.37. The van der Waals surface area contributed by atoms with E-state index in [-0.39, 0.29) is 18.1 Å². The second kappa shape index (κ2) is 3.16. The summed E-state index contributed by atoms with van der Waals surface area (Å²) in [7, 11) is 1.63. The van der Waals surface area contributed by atoms with E-state index in [1.54, 1.807) is 12.0 Å². The number of hydrogen-bond donors (Lipinski definition) is 1. The second-order valence-electron chi connectivity index (χ2n) is 3.62. The highest BCUT2D eigenvalue weighted by atomic mass is 16.5. The third kappa shape index (κ3) is 1.28. The molecule has 0 radical (unpaired) electrons. The maximum absolute atomic E-state index is 11.4. The van der Waals surface area contributed by atoms with E-state index in [1.807, 2.05) is 0 Å². The fourth-order valence-corrected chi connectivity index (χ4v) is 2.10. The molecule has 0 aromatic heterocycles. The summed E-state index contributed by atoms with van der Waals surface area (Å²) in [6, 6.07) is -0.129. The molecular weight excluding hydrogens is 172 g/mol. The van der Waals surface area contributed by atoms with Gasteiger partial charge in [-0.25, -0.2) is 9.86 Å². The number of urea groups is 1. The van der Waals surface area contributed by atoms with Crippen LogP contribution in [-0.2, 0) is 4.74 Å². The van der Waals surface area contributed by atoms with Crippen molar-refractivity contribution in [3.63, 3.8) is 0 Å². The standard InChI is InChI=1S/C8H14N2O3/c1-13-5-7-3-2-6-4-9(7)8(11)10(6)12/h6-7,12H,2-5H2,1H3. The quantitative estimate of drug-likeness (QED) is 0.631. The van der Waals surface area contributed by atoms with Crippen molar-refractivity contribution in [3.05, 3.63) is 0 Å². The van der Waals surface area contributed by atoms with Crippen LogP contribution in [0.3, 0.4) is 0 Å². The van der Waals surface area contributed by atoms with Crippen LogP contribution in [-0.4, -0.2) is 53.5 Å². The summed E-state index contributed by atoms with van der Waals surface area (Å²) < 4.78 is 5.02. The number of carbonyl (C=O) groups is 1. The molecule has 0 aromatic carbocycles. The summed E-state index contributed by atoms with van der Waals surface area (Å²) in [4.78, 5) is 13.1. The number of fused-ring (bicyclic) bond motifs is 2. The molecule has 0 spiro atoms. The third-order valence-electron chi connectivity index (χ3n) is 2.83. The molecule has 2 amide bonds. The van der Waals surface area contributed by atoms with Crippen molar-refractivity contribution in [2.45, 2.75) is 24.9 Å². The molecule has 13 heavy (non-hydrogen) atoms. The normalized spacial score (nSPS) is 32.9. The van der Waals surface area contributed by atoms with Crippen LogP contribution in [0.4, 0.5) is 4.79 Å². The zero-order valence-corrected chi connectivity index (χ0v) is 7.64. The van der Waals surface area contributed by atoms with Crippen molar-refractivity contribution in [3.8, 4) is 0 Å². The molecule has 74 valence electrons. The number of carbonyl (C=O) groups excluding carboxylic acids is 1. The van der Waals surface area contributed by atoms with Crippen molar-refractivity contribution in [1.29, 1.82) is 0 Å². The molecule has 2 rings (SSSR count). The van der Waals surface area contributed by atoms with Gasteiger partial charge in [0.05, 0.1) is 18.7 Å². The van der Waals surface area contributed by atoms with Crippen molar-refractivity contribution >= 4 is 6.03 Å². The van der Waals surface area contributed by atoms with E-state index in [0.717, 1.165) is 17.9 Å². The lowest BCUT2D eigenvalue weighted by molar-refractivity contribution is -0.0584. The number of rotatable bonds is 2. The van der Waals surface area contributed by atoms with E-state index in [0.29, 0.717) is 13.2 Å². The first-order valence-electron chi connectivity index (χ1n) is 4.51. The van der Waals surface area contributed by atoms with Gasteiger partial charge in [0, 0.05) is 13.7 Å². The van der Waals surface area contributed by atoms with Crippen LogP contribution in [0.15, 0.2) is 0 Å². The van der Waals surface area contributed by atoms with Gasteiger partial charge in [-0.05, 0) is 12.8 Å². The summed E-state index contributed by atoms with van der Waals surface area (Å²) in [6.45, 7) is 1.20. The van der Waals surface area contributed by atoms with Gasteiger partial charge in [0.15, 0.2) is 0 Å². The van der Waals surface area contributed by atoms with Crippen molar-refractivity contribution in [1.82, 2.24) is 9.96 Å². The number of methoxy groups -OCH3 is 1. The molecule has 2 saturated heterocycles. The van der Waals surface area contributed by atoms with Gasteiger partial charge in [-0.3, -0.25) is 5.21 Å². The summed E-state index contributed by atoms with van der Waals surface area (Å²) in [6.07, 6.45) is 1.79. The lowest BCUT2D eigenvalue weighted by Gasteiger charge is -2.29. The van der Waals surface area contributed by atoms with Gasteiger partial charge in [-0.2, -0.15) is 0 Å². The number of hydrogen-bond acceptors (Lipinski definition) is 3. The molecule has 0 aliphatic carbocycles. The molecule has 2 aliphatic heterocycles. The first-order chi connectivity index (χ1) is 6.24. The number of nitrogens with zero attached hydrogens (tertiary/aromatic N) is 2. The highest BCUT2D eigenvalue weighted by Crippen LogP contribution is 2.28. The Morgan fingerprint density at radius 2 is 2.38 bits per heavy atom.